The van der Waals surface area contributed by atoms with E-state index in [1.165, 1.54) is 11.8 Å². The van der Waals surface area contributed by atoms with E-state index in [0.717, 1.165) is 29.4 Å². The molecule has 2 aliphatic rings. The second-order valence-electron chi connectivity index (χ2n) is 6.86. The lowest BCUT2D eigenvalue weighted by Crippen LogP contribution is -2.30. The van der Waals surface area contributed by atoms with Crippen LogP contribution in [0.5, 0.6) is 0 Å². The summed E-state index contributed by atoms with van der Waals surface area (Å²) in [5, 5.41) is 21.5. The summed E-state index contributed by atoms with van der Waals surface area (Å²) in [6.07, 6.45) is 12.3. The smallest absolute Gasteiger partial charge is 0.228 e. The molecule has 4 N–H and O–H groups in total. The van der Waals surface area contributed by atoms with Crippen molar-refractivity contribution in [2.24, 2.45) is 5.92 Å². The van der Waals surface area contributed by atoms with Gasteiger partial charge >= 0.3 is 0 Å². The van der Waals surface area contributed by atoms with Gasteiger partial charge in [-0.15, -0.1) is 11.8 Å². The summed E-state index contributed by atoms with van der Waals surface area (Å²) >= 11 is 1.35. The first kappa shape index (κ1) is 18.5. The molecule has 28 heavy (non-hydrogen) atoms. The lowest BCUT2D eigenvalue weighted by molar-refractivity contribution is -0.120. The van der Waals surface area contributed by atoms with Crippen LogP contribution in [0.4, 0.5) is 4.39 Å². The first-order valence-corrected chi connectivity index (χ1v) is 10.2. The summed E-state index contributed by atoms with van der Waals surface area (Å²) in [5.41, 5.74) is 3.42. The molecule has 0 atom stereocenters. The molecule has 2 heterocycles. The first-order chi connectivity index (χ1) is 13.5. The van der Waals surface area contributed by atoms with E-state index < -0.39 is 0 Å². The van der Waals surface area contributed by atoms with Gasteiger partial charge in [-0.1, -0.05) is 0 Å². The molecule has 1 fully saturated rings. The first-order valence-electron chi connectivity index (χ1n) is 8.95. The van der Waals surface area contributed by atoms with Crippen molar-refractivity contribution in [3.63, 3.8) is 0 Å². The number of nitrogens with one attached hydrogen (secondary N) is 4. The number of halogens is 1. The summed E-state index contributed by atoms with van der Waals surface area (Å²) < 4.78 is 14.9. The Labute approximate surface area is 165 Å². The van der Waals surface area contributed by atoms with E-state index >= 15 is 0 Å². The summed E-state index contributed by atoms with van der Waals surface area (Å²) in [4.78, 5) is 12.4. The fraction of sp³-hybridized carbons (Fsp3) is 0.250. The maximum absolute atomic E-state index is 14.9. The maximum Gasteiger partial charge on any atom is 0.228 e. The highest BCUT2D eigenvalue weighted by atomic mass is 32.2. The van der Waals surface area contributed by atoms with Crippen molar-refractivity contribution in [2.75, 3.05) is 6.26 Å². The van der Waals surface area contributed by atoms with Crippen LogP contribution >= 0.6 is 11.8 Å². The number of dihydropyridines is 1. The van der Waals surface area contributed by atoms with Gasteiger partial charge in [0.2, 0.25) is 5.91 Å². The van der Waals surface area contributed by atoms with Gasteiger partial charge in [-0.25, -0.2) is 4.39 Å². The van der Waals surface area contributed by atoms with E-state index in [1.54, 1.807) is 25.4 Å². The molecule has 6 nitrogen and oxygen atoms in total. The third kappa shape index (κ3) is 3.35. The number of amidine groups is 1. The van der Waals surface area contributed by atoms with Crippen LogP contribution in [0, 0.1) is 24.1 Å². The number of thioether (sulfide) groups is 1. The van der Waals surface area contributed by atoms with E-state index in [1.807, 2.05) is 18.4 Å². The van der Waals surface area contributed by atoms with Crippen LogP contribution in [0.25, 0.3) is 16.5 Å². The fourth-order valence-corrected chi connectivity index (χ4v) is 4.01. The summed E-state index contributed by atoms with van der Waals surface area (Å²) in [6.45, 7) is 1.74. The zero-order valence-electron chi connectivity index (χ0n) is 15.5. The highest BCUT2D eigenvalue weighted by molar-refractivity contribution is 7.98. The predicted octanol–water partition coefficient (Wildman–Crippen LogP) is 3.62. The van der Waals surface area contributed by atoms with Crippen LogP contribution in [-0.4, -0.2) is 28.2 Å². The SMILES string of the molecule is CSc1c(F)c(C)c2[nH]ncc2c1C1=C/C(=C/C(=N)NC(=O)C2CC2)NC=C1. The van der Waals surface area contributed by atoms with Crippen LogP contribution in [-0.2, 0) is 4.79 Å². The van der Waals surface area contributed by atoms with Gasteiger partial charge in [0.25, 0.3) is 0 Å². The molecular formula is C20H20FN5OS. The minimum Gasteiger partial charge on any atom is -0.362 e. The normalized spacial score (nSPS) is 17.5. The lowest BCUT2D eigenvalue weighted by Gasteiger charge is -2.17. The molecule has 0 bridgehead atoms. The Morgan fingerprint density at radius 1 is 1.46 bits per heavy atom. The number of aryl methyl sites for hydroxylation is 1. The van der Waals surface area contributed by atoms with Crippen molar-refractivity contribution in [3.05, 3.63) is 53.3 Å². The number of carbonyl (C=O) groups excluding carboxylic acids is 1. The van der Waals surface area contributed by atoms with E-state index in [4.69, 9.17) is 5.41 Å². The van der Waals surface area contributed by atoms with Crippen LogP contribution < -0.4 is 10.6 Å². The van der Waals surface area contributed by atoms with Gasteiger partial charge in [-0.3, -0.25) is 15.3 Å². The molecule has 1 aromatic heterocycles. The van der Waals surface area contributed by atoms with Crippen molar-refractivity contribution in [1.82, 2.24) is 20.8 Å². The minimum atomic E-state index is -0.262. The van der Waals surface area contributed by atoms with Crippen LogP contribution in [0.3, 0.4) is 0 Å². The number of amides is 1. The number of fused-ring (bicyclic) bond motifs is 1. The average molecular weight is 397 g/mol. The Balaban J connectivity index is 1.72. The third-order valence-electron chi connectivity index (χ3n) is 4.86. The molecule has 1 aliphatic carbocycles. The van der Waals surface area contributed by atoms with Crippen LogP contribution in [0.2, 0.25) is 0 Å². The molecule has 0 unspecified atom stereocenters. The standard InChI is InChI=1S/C20H20FN5OS/c1-10-17(21)19(28-2)16(14-9-24-26-18(10)14)12-5-6-23-13(7-12)8-15(22)25-20(27)11-3-4-11/h5-9,11,23H,3-4H2,1-2H3,(H,24,26)(H2,22,25,27)/b13-8-. The van der Waals surface area contributed by atoms with E-state index in [2.05, 4.69) is 20.8 Å². The topological polar surface area (TPSA) is 93.7 Å². The summed E-state index contributed by atoms with van der Waals surface area (Å²) in [7, 11) is 0. The number of nitrogens with zero attached hydrogens (tertiary/aromatic N) is 1. The highest BCUT2D eigenvalue weighted by Crippen LogP contribution is 2.39. The number of rotatable bonds is 4. The van der Waals surface area contributed by atoms with Crippen LogP contribution in [0.1, 0.15) is 24.0 Å². The molecule has 0 spiro atoms. The van der Waals surface area contributed by atoms with Crippen molar-refractivity contribution >= 4 is 40.0 Å². The molecule has 0 radical (unpaired) electrons. The minimum absolute atomic E-state index is 0.0268. The van der Waals surface area contributed by atoms with Crippen molar-refractivity contribution in [2.45, 2.75) is 24.7 Å². The second-order valence-corrected chi connectivity index (χ2v) is 7.68. The zero-order chi connectivity index (χ0) is 19.8. The van der Waals surface area contributed by atoms with Gasteiger partial charge in [-0.05, 0) is 43.7 Å². The highest BCUT2D eigenvalue weighted by Gasteiger charge is 2.29. The molecule has 4 rings (SSSR count). The Bertz CT molecular complexity index is 1080. The molecular weight excluding hydrogens is 377 g/mol. The van der Waals surface area contributed by atoms with Gasteiger partial charge in [0.05, 0.1) is 16.6 Å². The largest absolute Gasteiger partial charge is 0.362 e. The molecule has 1 amide bonds. The maximum atomic E-state index is 14.9. The summed E-state index contributed by atoms with van der Waals surface area (Å²) in [5.74, 6) is -0.304. The molecule has 144 valence electrons. The van der Waals surface area contributed by atoms with Crippen molar-refractivity contribution < 1.29 is 9.18 Å². The van der Waals surface area contributed by atoms with E-state index in [0.29, 0.717) is 21.7 Å². The number of H-pyrrole nitrogens is 1. The Morgan fingerprint density at radius 3 is 2.96 bits per heavy atom. The lowest BCUT2D eigenvalue weighted by atomic mass is 9.97. The van der Waals surface area contributed by atoms with E-state index in [-0.39, 0.29) is 23.5 Å². The summed E-state index contributed by atoms with van der Waals surface area (Å²) in [6, 6.07) is 0. The molecule has 1 aliphatic heterocycles. The molecule has 8 heteroatoms. The van der Waals surface area contributed by atoms with Gasteiger partial charge < -0.3 is 10.6 Å². The predicted molar refractivity (Wildman–Crippen MR) is 109 cm³/mol. The number of carbonyl (C=O) groups is 1. The Hall–Kier alpha value is -2.87. The monoisotopic (exact) mass is 397 g/mol. The molecule has 1 aromatic carbocycles. The number of hydrogen-bond acceptors (Lipinski definition) is 5. The number of benzene rings is 1. The van der Waals surface area contributed by atoms with Gasteiger partial charge in [0.1, 0.15) is 11.7 Å². The second kappa shape index (κ2) is 7.27. The zero-order valence-corrected chi connectivity index (χ0v) is 16.3. The van der Waals surface area contributed by atoms with E-state index in [9.17, 15) is 9.18 Å². The fourth-order valence-electron chi connectivity index (χ4n) is 3.25. The van der Waals surface area contributed by atoms with Crippen molar-refractivity contribution in [3.8, 4) is 0 Å². The number of hydrogen-bond donors (Lipinski definition) is 4. The Kier molecular flexibility index (Phi) is 4.80. The molecule has 0 saturated heterocycles. The number of aromatic nitrogens is 2. The third-order valence-corrected chi connectivity index (χ3v) is 5.65. The van der Waals surface area contributed by atoms with Gasteiger partial charge in [-0.2, -0.15) is 5.10 Å². The van der Waals surface area contributed by atoms with Crippen LogP contribution in [0.15, 0.2) is 41.2 Å². The quantitative estimate of drug-likeness (QED) is 0.360. The van der Waals surface area contributed by atoms with Crippen molar-refractivity contribution in [1.29, 1.82) is 5.41 Å². The van der Waals surface area contributed by atoms with Gasteiger partial charge in [0, 0.05) is 40.4 Å². The Morgan fingerprint density at radius 2 is 2.25 bits per heavy atom. The average Bonchev–Trinajstić information content (AvgIpc) is 3.42. The molecule has 1 saturated carbocycles. The van der Waals surface area contributed by atoms with Gasteiger partial charge in [0.15, 0.2) is 0 Å². The number of aromatic amines is 1. The number of allylic oxidation sites excluding steroid dienone is 3. The molecule has 2 aromatic rings.